The van der Waals surface area contributed by atoms with Crippen molar-refractivity contribution in [1.82, 2.24) is 20.5 Å². The van der Waals surface area contributed by atoms with E-state index in [1.807, 2.05) is 30.5 Å². The molecule has 3 heterocycles. The van der Waals surface area contributed by atoms with Crippen LogP contribution < -0.4 is 10.6 Å². The molecular formula is C17H24N4O. The number of hydrogen-bond acceptors (Lipinski definition) is 5. The standard InChI is InChI=1S/C9H7N.C8H17N3O/c1-2-6-9-8(4-1)5-3-7-10-9;1-4-11(5-2-9-1)8-7-12-6-3-10-8/h1-7H;8-10H,1-7H2. The number of benzene rings is 1. The predicted octanol–water partition coefficient (Wildman–Crippen LogP) is 1.07. The Morgan fingerprint density at radius 3 is 2.64 bits per heavy atom. The first-order chi connectivity index (χ1) is 10.9. The van der Waals surface area contributed by atoms with Gasteiger partial charge in [-0.05, 0) is 12.1 Å². The second-order valence-electron chi connectivity index (χ2n) is 5.53. The average Bonchev–Trinajstić information content (AvgIpc) is 2.64. The molecule has 2 N–H and O–H groups in total. The lowest BCUT2D eigenvalue weighted by atomic mass is 10.2. The van der Waals surface area contributed by atoms with Crippen LogP contribution in [0.25, 0.3) is 10.9 Å². The number of nitrogens with one attached hydrogen (secondary N) is 2. The Morgan fingerprint density at radius 2 is 1.86 bits per heavy atom. The van der Waals surface area contributed by atoms with Gasteiger partial charge in [-0.25, -0.2) is 0 Å². The van der Waals surface area contributed by atoms with Crippen LogP contribution in [0.1, 0.15) is 0 Å². The smallest absolute Gasteiger partial charge is 0.0840 e. The molecule has 0 amide bonds. The van der Waals surface area contributed by atoms with Gasteiger partial charge in [0.05, 0.1) is 24.9 Å². The Hall–Kier alpha value is -1.53. The summed E-state index contributed by atoms with van der Waals surface area (Å²) in [7, 11) is 0. The van der Waals surface area contributed by atoms with Crippen molar-refractivity contribution in [2.75, 3.05) is 45.9 Å². The largest absolute Gasteiger partial charge is 0.377 e. The molecule has 0 radical (unpaired) electrons. The first kappa shape index (κ1) is 15.4. The molecule has 2 aliphatic heterocycles. The van der Waals surface area contributed by atoms with E-state index in [1.54, 1.807) is 0 Å². The molecule has 2 saturated heterocycles. The lowest BCUT2D eigenvalue weighted by Gasteiger charge is -2.37. The highest BCUT2D eigenvalue weighted by Gasteiger charge is 2.21. The molecule has 2 fully saturated rings. The van der Waals surface area contributed by atoms with Gasteiger partial charge < -0.3 is 10.1 Å². The van der Waals surface area contributed by atoms with Crippen LogP contribution in [0.2, 0.25) is 0 Å². The normalized spacial score (nSPS) is 22.8. The van der Waals surface area contributed by atoms with E-state index in [0.717, 1.165) is 51.5 Å². The van der Waals surface area contributed by atoms with E-state index in [4.69, 9.17) is 4.74 Å². The van der Waals surface area contributed by atoms with Crippen molar-refractivity contribution in [3.63, 3.8) is 0 Å². The number of para-hydroxylation sites is 1. The Morgan fingerprint density at radius 1 is 1.05 bits per heavy atom. The maximum Gasteiger partial charge on any atom is 0.0840 e. The molecule has 118 valence electrons. The number of piperazine rings is 1. The van der Waals surface area contributed by atoms with Crippen LogP contribution in [0, 0.1) is 0 Å². The third-order valence-electron chi connectivity index (χ3n) is 4.01. The molecule has 0 spiro atoms. The number of rotatable bonds is 1. The molecule has 1 aromatic carbocycles. The molecule has 1 atom stereocenters. The van der Waals surface area contributed by atoms with Crippen molar-refractivity contribution in [2.24, 2.45) is 0 Å². The molecule has 1 aromatic heterocycles. The quantitative estimate of drug-likeness (QED) is 0.825. The van der Waals surface area contributed by atoms with Crippen molar-refractivity contribution >= 4 is 10.9 Å². The van der Waals surface area contributed by atoms with Gasteiger partial charge in [-0.1, -0.05) is 24.3 Å². The van der Waals surface area contributed by atoms with E-state index in [1.165, 1.54) is 5.39 Å². The predicted molar refractivity (Wildman–Crippen MR) is 88.8 cm³/mol. The first-order valence-corrected chi connectivity index (χ1v) is 7.99. The maximum absolute atomic E-state index is 5.41. The molecule has 2 aliphatic rings. The van der Waals surface area contributed by atoms with E-state index < -0.39 is 0 Å². The topological polar surface area (TPSA) is 49.4 Å². The van der Waals surface area contributed by atoms with Crippen LogP contribution in [-0.4, -0.2) is 62.0 Å². The molecule has 0 bridgehead atoms. The van der Waals surface area contributed by atoms with Gasteiger partial charge in [0.1, 0.15) is 0 Å². The van der Waals surface area contributed by atoms with Crippen molar-refractivity contribution in [3.8, 4) is 0 Å². The van der Waals surface area contributed by atoms with Gasteiger partial charge in [0, 0.05) is 44.3 Å². The Labute approximate surface area is 131 Å². The fourth-order valence-corrected chi connectivity index (χ4v) is 2.80. The minimum atomic E-state index is 0.459. The number of morpholine rings is 1. The van der Waals surface area contributed by atoms with E-state index in [0.29, 0.717) is 6.17 Å². The zero-order valence-corrected chi connectivity index (χ0v) is 12.9. The Kier molecular flexibility index (Phi) is 5.72. The highest BCUT2D eigenvalue weighted by atomic mass is 16.5. The van der Waals surface area contributed by atoms with Crippen LogP contribution in [0.3, 0.4) is 0 Å². The van der Waals surface area contributed by atoms with E-state index in [2.05, 4.69) is 32.7 Å². The third kappa shape index (κ3) is 4.24. The molecule has 2 aromatic rings. The molecule has 5 heteroatoms. The highest BCUT2D eigenvalue weighted by molar-refractivity contribution is 5.77. The van der Waals surface area contributed by atoms with Gasteiger partial charge in [-0.15, -0.1) is 0 Å². The molecule has 4 rings (SSSR count). The molecule has 22 heavy (non-hydrogen) atoms. The van der Waals surface area contributed by atoms with E-state index >= 15 is 0 Å². The first-order valence-electron chi connectivity index (χ1n) is 7.99. The van der Waals surface area contributed by atoms with Crippen LogP contribution in [0.5, 0.6) is 0 Å². The van der Waals surface area contributed by atoms with Crippen LogP contribution in [0.4, 0.5) is 0 Å². The maximum atomic E-state index is 5.41. The summed E-state index contributed by atoms with van der Waals surface area (Å²) in [5.41, 5.74) is 1.06. The monoisotopic (exact) mass is 300 g/mol. The summed E-state index contributed by atoms with van der Waals surface area (Å²) in [6, 6.07) is 12.1. The number of ether oxygens (including phenoxy) is 1. The van der Waals surface area contributed by atoms with Gasteiger partial charge in [0.2, 0.25) is 0 Å². The number of fused-ring (bicyclic) bond motifs is 1. The minimum absolute atomic E-state index is 0.459. The van der Waals surface area contributed by atoms with Gasteiger partial charge in [-0.2, -0.15) is 0 Å². The van der Waals surface area contributed by atoms with Crippen molar-refractivity contribution < 1.29 is 4.74 Å². The summed E-state index contributed by atoms with van der Waals surface area (Å²) in [6.07, 6.45) is 2.27. The number of pyridine rings is 1. The van der Waals surface area contributed by atoms with Crippen molar-refractivity contribution in [3.05, 3.63) is 42.6 Å². The van der Waals surface area contributed by atoms with E-state index in [-0.39, 0.29) is 0 Å². The summed E-state index contributed by atoms with van der Waals surface area (Å²) in [5.74, 6) is 0. The Bertz CT molecular complexity index is 484. The summed E-state index contributed by atoms with van der Waals surface area (Å²) >= 11 is 0. The Balaban J connectivity index is 0.000000133. The van der Waals surface area contributed by atoms with Gasteiger partial charge >= 0.3 is 0 Å². The fourth-order valence-electron chi connectivity index (χ4n) is 2.80. The number of aromatic nitrogens is 1. The molecule has 0 aliphatic carbocycles. The average molecular weight is 300 g/mol. The third-order valence-corrected chi connectivity index (χ3v) is 4.01. The number of hydrogen-bond donors (Lipinski definition) is 2. The lowest BCUT2D eigenvalue weighted by Crippen LogP contribution is -2.57. The molecule has 5 nitrogen and oxygen atoms in total. The second-order valence-corrected chi connectivity index (χ2v) is 5.53. The van der Waals surface area contributed by atoms with Crippen molar-refractivity contribution in [1.29, 1.82) is 0 Å². The zero-order chi connectivity index (χ0) is 15.0. The van der Waals surface area contributed by atoms with Crippen LogP contribution >= 0.6 is 0 Å². The second kappa shape index (κ2) is 8.19. The summed E-state index contributed by atoms with van der Waals surface area (Å²) in [5, 5.41) is 8.00. The van der Waals surface area contributed by atoms with Crippen molar-refractivity contribution in [2.45, 2.75) is 6.17 Å². The van der Waals surface area contributed by atoms with Crippen LogP contribution in [-0.2, 0) is 4.74 Å². The van der Waals surface area contributed by atoms with Gasteiger partial charge in [0.15, 0.2) is 0 Å². The molecule has 1 unspecified atom stereocenters. The van der Waals surface area contributed by atoms with Gasteiger partial charge in [0.25, 0.3) is 0 Å². The summed E-state index contributed by atoms with van der Waals surface area (Å²) in [6.45, 7) is 7.20. The highest BCUT2D eigenvalue weighted by Crippen LogP contribution is 2.08. The van der Waals surface area contributed by atoms with E-state index in [9.17, 15) is 0 Å². The van der Waals surface area contributed by atoms with Gasteiger partial charge in [-0.3, -0.25) is 15.2 Å². The lowest BCUT2D eigenvalue weighted by molar-refractivity contribution is 0.00480. The molecular weight excluding hydrogens is 276 g/mol. The SMILES string of the molecule is C1CN(C2COCCN2)CCN1.c1ccc2ncccc2c1. The van der Waals surface area contributed by atoms with Crippen LogP contribution in [0.15, 0.2) is 42.6 Å². The fraction of sp³-hybridized carbons (Fsp3) is 0.471. The minimum Gasteiger partial charge on any atom is -0.377 e. The summed E-state index contributed by atoms with van der Waals surface area (Å²) in [4.78, 5) is 6.64. The number of nitrogens with zero attached hydrogens (tertiary/aromatic N) is 2. The molecule has 0 saturated carbocycles. The summed E-state index contributed by atoms with van der Waals surface area (Å²) < 4.78 is 5.41. The zero-order valence-electron chi connectivity index (χ0n) is 12.9.